The zero-order chi connectivity index (χ0) is 16.8. The highest BCUT2D eigenvalue weighted by molar-refractivity contribution is 5.82. The van der Waals surface area contributed by atoms with Gasteiger partial charge in [-0.3, -0.25) is 4.79 Å². The molecule has 1 amide bonds. The highest BCUT2D eigenvalue weighted by atomic mass is 16.5. The zero-order valence-electron chi connectivity index (χ0n) is 13.9. The Labute approximate surface area is 137 Å². The summed E-state index contributed by atoms with van der Waals surface area (Å²) in [5.41, 5.74) is 9.09. The van der Waals surface area contributed by atoms with Crippen LogP contribution in [-0.2, 0) is 11.2 Å². The molecule has 122 valence electrons. The lowest BCUT2D eigenvalue weighted by molar-refractivity contribution is -0.122. The number of carbonyl (C=O) groups excluding carboxylic acids is 1. The molecule has 0 spiro atoms. The average molecular weight is 312 g/mol. The minimum atomic E-state index is -0.565. The summed E-state index contributed by atoms with van der Waals surface area (Å²) in [5, 5.41) is 2.83. The van der Waals surface area contributed by atoms with E-state index in [0.717, 1.165) is 22.4 Å². The first-order valence-electron chi connectivity index (χ1n) is 7.79. The fraction of sp³-hybridized carbons (Fsp3) is 0.316. The van der Waals surface area contributed by atoms with Crippen LogP contribution in [-0.4, -0.2) is 25.1 Å². The Morgan fingerprint density at radius 2 is 1.87 bits per heavy atom. The highest BCUT2D eigenvalue weighted by Gasteiger charge is 2.16. The Bertz CT molecular complexity index is 654. The van der Waals surface area contributed by atoms with Gasteiger partial charge in [0.2, 0.25) is 5.91 Å². The molecule has 4 nitrogen and oxygen atoms in total. The zero-order valence-corrected chi connectivity index (χ0v) is 13.9. The van der Waals surface area contributed by atoms with Crippen molar-refractivity contribution in [2.24, 2.45) is 5.73 Å². The van der Waals surface area contributed by atoms with E-state index in [4.69, 9.17) is 10.5 Å². The smallest absolute Gasteiger partial charge is 0.237 e. The predicted molar refractivity (Wildman–Crippen MR) is 93.4 cm³/mol. The van der Waals surface area contributed by atoms with Crippen LogP contribution in [0.1, 0.15) is 19.4 Å². The number of methoxy groups -OCH3 is 1. The number of amides is 1. The van der Waals surface area contributed by atoms with Crippen molar-refractivity contribution in [1.29, 1.82) is 0 Å². The van der Waals surface area contributed by atoms with Gasteiger partial charge >= 0.3 is 0 Å². The van der Waals surface area contributed by atoms with Crippen LogP contribution in [0.15, 0.2) is 48.5 Å². The van der Waals surface area contributed by atoms with Crippen molar-refractivity contribution < 1.29 is 9.53 Å². The first-order chi connectivity index (χ1) is 11.0. The summed E-state index contributed by atoms with van der Waals surface area (Å²) in [7, 11) is 1.65. The summed E-state index contributed by atoms with van der Waals surface area (Å²) in [6, 6.07) is 15.5. The Balaban J connectivity index is 2.18. The second-order valence-electron chi connectivity index (χ2n) is 5.87. The van der Waals surface area contributed by atoms with Crippen molar-refractivity contribution in [2.45, 2.75) is 32.4 Å². The van der Waals surface area contributed by atoms with E-state index in [2.05, 4.69) is 5.32 Å². The molecule has 0 radical (unpaired) electrons. The van der Waals surface area contributed by atoms with Crippen LogP contribution >= 0.6 is 0 Å². The molecule has 23 heavy (non-hydrogen) atoms. The first-order valence-corrected chi connectivity index (χ1v) is 7.79. The van der Waals surface area contributed by atoms with Crippen LogP contribution in [0.4, 0.5) is 0 Å². The summed E-state index contributed by atoms with van der Waals surface area (Å²) >= 11 is 0. The van der Waals surface area contributed by atoms with Gasteiger partial charge in [0.25, 0.3) is 0 Å². The standard InChI is InChI=1S/C19H24N2O2/c1-13(2)21-19(22)17(20)11-14-9-10-16(18(12-14)23-3)15-7-5-4-6-8-15/h4-10,12-13,17H,11,20H2,1-3H3,(H,21,22). The Hall–Kier alpha value is -2.33. The van der Waals surface area contributed by atoms with Crippen molar-refractivity contribution in [3.05, 3.63) is 54.1 Å². The van der Waals surface area contributed by atoms with Crippen LogP contribution in [0.3, 0.4) is 0 Å². The predicted octanol–water partition coefficient (Wildman–Crippen LogP) is 2.76. The lowest BCUT2D eigenvalue weighted by Crippen LogP contribution is -2.44. The molecule has 0 saturated heterocycles. The number of hydrogen-bond acceptors (Lipinski definition) is 3. The van der Waals surface area contributed by atoms with Gasteiger partial charge in [-0.25, -0.2) is 0 Å². The van der Waals surface area contributed by atoms with Crippen LogP contribution in [0.25, 0.3) is 11.1 Å². The van der Waals surface area contributed by atoms with Gasteiger partial charge in [-0.2, -0.15) is 0 Å². The molecule has 0 aromatic heterocycles. The molecule has 1 atom stereocenters. The topological polar surface area (TPSA) is 64.3 Å². The number of hydrogen-bond donors (Lipinski definition) is 2. The van der Waals surface area contributed by atoms with E-state index in [1.807, 2.05) is 62.4 Å². The first kappa shape index (κ1) is 17.0. The van der Waals surface area contributed by atoms with Gasteiger partial charge in [0.05, 0.1) is 13.2 Å². The molecule has 0 aliphatic carbocycles. The maximum atomic E-state index is 11.9. The molecule has 0 aliphatic heterocycles. The molecular formula is C19H24N2O2. The quantitative estimate of drug-likeness (QED) is 0.862. The number of benzene rings is 2. The largest absolute Gasteiger partial charge is 0.496 e. The lowest BCUT2D eigenvalue weighted by atomic mass is 9.99. The third-order valence-corrected chi connectivity index (χ3v) is 3.57. The Morgan fingerprint density at radius 1 is 1.17 bits per heavy atom. The highest BCUT2D eigenvalue weighted by Crippen LogP contribution is 2.30. The van der Waals surface area contributed by atoms with Crippen LogP contribution < -0.4 is 15.8 Å². The van der Waals surface area contributed by atoms with E-state index in [-0.39, 0.29) is 11.9 Å². The normalized spacial score (nSPS) is 12.0. The van der Waals surface area contributed by atoms with Gasteiger partial charge in [0.1, 0.15) is 5.75 Å². The third kappa shape index (κ3) is 4.57. The fourth-order valence-corrected chi connectivity index (χ4v) is 2.46. The number of nitrogens with one attached hydrogen (secondary N) is 1. The maximum Gasteiger partial charge on any atom is 0.237 e. The number of carbonyl (C=O) groups is 1. The SMILES string of the molecule is COc1cc(CC(N)C(=O)NC(C)C)ccc1-c1ccccc1. The number of ether oxygens (including phenoxy) is 1. The Morgan fingerprint density at radius 3 is 2.48 bits per heavy atom. The van der Waals surface area contributed by atoms with Crippen LogP contribution in [0, 0.1) is 0 Å². The van der Waals surface area contributed by atoms with Gasteiger partial charge in [-0.05, 0) is 37.5 Å². The third-order valence-electron chi connectivity index (χ3n) is 3.57. The summed E-state index contributed by atoms with van der Waals surface area (Å²) in [5.74, 6) is 0.649. The second kappa shape index (κ2) is 7.79. The number of rotatable bonds is 6. The van der Waals surface area contributed by atoms with E-state index in [9.17, 15) is 4.79 Å². The summed E-state index contributed by atoms with van der Waals surface area (Å²) < 4.78 is 5.51. The molecule has 3 N–H and O–H groups in total. The van der Waals surface area contributed by atoms with Crippen molar-refractivity contribution in [3.8, 4) is 16.9 Å². The number of nitrogens with two attached hydrogens (primary N) is 1. The molecule has 2 aromatic carbocycles. The van der Waals surface area contributed by atoms with Gasteiger partial charge in [-0.15, -0.1) is 0 Å². The molecule has 2 rings (SSSR count). The second-order valence-corrected chi connectivity index (χ2v) is 5.87. The van der Waals surface area contributed by atoms with E-state index in [1.54, 1.807) is 7.11 Å². The van der Waals surface area contributed by atoms with Crippen molar-refractivity contribution >= 4 is 5.91 Å². The van der Waals surface area contributed by atoms with E-state index < -0.39 is 6.04 Å². The van der Waals surface area contributed by atoms with Gasteiger partial charge in [0.15, 0.2) is 0 Å². The summed E-state index contributed by atoms with van der Waals surface area (Å²) in [4.78, 5) is 11.9. The molecule has 2 aromatic rings. The molecule has 0 aliphatic rings. The van der Waals surface area contributed by atoms with Crippen LogP contribution in [0.2, 0.25) is 0 Å². The van der Waals surface area contributed by atoms with Crippen molar-refractivity contribution in [2.75, 3.05) is 7.11 Å². The van der Waals surface area contributed by atoms with Crippen LogP contribution in [0.5, 0.6) is 5.75 Å². The van der Waals surface area contributed by atoms with Crippen molar-refractivity contribution in [3.63, 3.8) is 0 Å². The maximum absolute atomic E-state index is 11.9. The van der Waals surface area contributed by atoms with Crippen molar-refractivity contribution in [1.82, 2.24) is 5.32 Å². The van der Waals surface area contributed by atoms with E-state index >= 15 is 0 Å². The summed E-state index contributed by atoms with van der Waals surface area (Å²) in [6.07, 6.45) is 0.476. The average Bonchev–Trinajstić information content (AvgIpc) is 2.54. The Kier molecular flexibility index (Phi) is 5.77. The molecule has 0 saturated carbocycles. The molecule has 0 bridgehead atoms. The molecular weight excluding hydrogens is 288 g/mol. The van der Waals surface area contributed by atoms with Gasteiger partial charge < -0.3 is 15.8 Å². The minimum Gasteiger partial charge on any atom is -0.496 e. The fourth-order valence-electron chi connectivity index (χ4n) is 2.46. The lowest BCUT2D eigenvalue weighted by Gasteiger charge is -2.16. The minimum absolute atomic E-state index is 0.0866. The molecule has 0 fully saturated rings. The molecule has 4 heteroatoms. The van der Waals surface area contributed by atoms with Gasteiger partial charge in [-0.1, -0.05) is 42.5 Å². The van der Waals surface area contributed by atoms with Gasteiger partial charge in [0, 0.05) is 11.6 Å². The van der Waals surface area contributed by atoms with E-state index in [1.165, 1.54) is 0 Å². The summed E-state index contributed by atoms with van der Waals surface area (Å²) in [6.45, 7) is 3.84. The molecule has 0 heterocycles. The monoisotopic (exact) mass is 312 g/mol. The van der Waals surface area contributed by atoms with E-state index in [0.29, 0.717) is 6.42 Å². The molecule has 1 unspecified atom stereocenters.